The summed E-state index contributed by atoms with van der Waals surface area (Å²) in [6, 6.07) is 16.8. The number of nitrogens with one attached hydrogen (secondary N) is 2. The van der Waals surface area contributed by atoms with Gasteiger partial charge in [-0.3, -0.25) is 4.99 Å². The fraction of sp³-hybridized carbons (Fsp3) is 0.348. The number of benzene rings is 2. The van der Waals surface area contributed by atoms with E-state index in [1.807, 2.05) is 18.2 Å². The van der Waals surface area contributed by atoms with E-state index >= 15 is 0 Å². The molecule has 0 amide bonds. The van der Waals surface area contributed by atoms with Gasteiger partial charge >= 0.3 is 0 Å². The van der Waals surface area contributed by atoms with Crippen molar-refractivity contribution in [2.45, 2.75) is 26.5 Å². The van der Waals surface area contributed by atoms with Gasteiger partial charge in [-0.2, -0.15) is 0 Å². The summed E-state index contributed by atoms with van der Waals surface area (Å²) in [5.74, 6) is 1.70. The maximum Gasteiger partial charge on any atom is 0.191 e. The number of ether oxygens (including phenoxy) is 1. The molecule has 1 aliphatic rings. The largest absolute Gasteiger partial charge is 0.489 e. The quantitative estimate of drug-likeness (QED) is 0.257. The molecule has 2 aromatic rings. The monoisotopic (exact) mass is 506 g/mol. The molecule has 0 saturated heterocycles. The maximum atomic E-state index is 6.01. The van der Waals surface area contributed by atoms with E-state index in [1.54, 1.807) is 7.05 Å². The molecule has 0 radical (unpaired) electrons. The topological polar surface area (TPSA) is 48.9 Å². The summed E-state index contributed by atoms with van der Waals surface area (Å²) in [4.78, 5) is 6.64. The average Bonchev–Trinajstić information content (AvgIpc) is 3.25. The lowest BCUT2D eigenvalue weighted by Crippen LogP contribution is -2.41. The lowest BCUT2D eigenvalue weighted by molar-refractivity contribution is 0.222. The second kappa shape index (κ2) is 11.7. The summed E-state index contributed by atoms with van der Waals surface area (Å²) in [5, 5.41) is 6.70. The Morgan fingerprint density at radius 1 is 1.07 bits per heavy atom. The van der Waals surface area contributed by atoms with E-state index in [0.29, 0.717) is 6.54 Å². The molecular weight excluding hydrogens is 475 g/mol. The Hall–Kier alpha value is -2.22. The van der Waals surface area contributed by atoms with Gasteiger partial charge in [-0.05, 0) is 43.2 Å². The number of guanidine groups is 1. The van der Waals surface area contributed by atoms with Gasteiger partial charge in [0.2, 0.25) is 0 Å². The van der Waals surface area contributed by atoms with Crippen molar-refractivity contribution in [1.29, 1.82) is 0 Å². The highest BCUT2D eigenvalue weighted by atomic mass is 127. The van der Waals surface area contributed by atoms with Crippen molar-refractivity contribution in [2.75, 3.05) is 31.6 Å². The standard InChI is InChI=1S/C23H30N4O.HI/c1-18-8-4-5-9-22(18)28-19(2)16-25-23(24-3)26-17-20-10-12-21(13-11-20)27-14-6-7-15-27;/h4-13,19H,14-17H2,1-3H3,(H2,24,25,26);1H. The zero-order valence-electron chi connectivity index (χ0n) is 17.4. The third kappa shape index (κ3) is 6.96. The predicted octanol–water partition coefficient (Wildman–Crippen LogP) is 4.12. The van der Waals surface area contributed by atoms with Gasteiger partial charge in [0, 0.05) is 32.4 Å². The van der Waals surface area contributed by atoms with E-state index in [9.17, 15) is 0 Å². The summed E-state index contributed by atoms with van der Waals surface area (Å²) in [6.07, 6.45) is 4.44. The Morgan fingerprint density at radius 3 is 2.41 bits per heavy atom. The first-order chi connectivity index (χ1) is 13.7. The molecule has 156 valence electrons. The first-order valence-electron chi connectivity index (χ1n) is 9.81. The molecule has 5 nitrogen and oxygen atoms in total. The highest BCUT2D eigenvalue weighted by Gasteiger charge is 2.09. The summed E-state index contributed by atoms with van der Waals surface area (Å²) < 4.78 is 6.01. The van der Waals surface area contributed by atoms with Crippen molar-refractivity contribution in [3.63, 3.8) is 0 Å². The molecule has 1 unspecified atom stereocenters. The smallest absolute Gasteiger partial charge is 0.191 e. The molecule has 0 aliphatic carbocycles. The van der Waals surface area contributed by atoms with Gasteiger partial charge in [0.1, 0.15) is 11.9 Å². The molecule has 0 fully saturated rings. The van der Waals surface area contributed by atoms with Crippen molar-refractivity contribution < 1.29 is 4.74 Å². The molecule has 1 heterocycles. The minimum absolute atomic E-state index is 0. The second-order valence-corrected chi connectivity index (χ2v) is 7.04. The molecular formula is C23H31IN4O. The maximum absolute atomic E-state index is 6.01. The Balaban J connectivity index is 0.00000300. The fourth-order valence-corrected chi connectivity index (χ4v) is 3.11. The number of anilines is 1. The number of nitrogens with zero attached hydrogens (tertiary/aromatic N) is 2. The third-order valence-corrected chi connectivity index (χ3v) is 4.78. The van der Waals surface area contributed by atoms with Crippen LogP contribution in [0.2, 0.25) is 0 Å². The number of aliphatic imine (C=N–C) groups is 1. The second-order valence-electron chi connectivity index (χ2n) is 7.04. The number of aryl methyl sites for hydroxylation is 1. The third-order valence-electron chi connectivity index (χ3n) is 4.78. The first kappa shape index (κ1) is 23.1. The molecule has 0 spiro atoms. The summed E-state index contributed by atoms with van der Waals surface area (Å²) in [6.45, 7) is 7.51. The minimum atomic E-state index is 0. The van der Waals surface area contributed by atoms with Gasteiger partial charge in [-0.25, -0.2) is 0 Å². The van der Waals surface area contributed by atoms with Crippen LogP contribution in [0.15, 0.2) is 65.7 Å². The van der Waals surface area contributed by atoms with Crippen LogP contribution in [0.4, 0.5) is 5.69 Å². The molecule has 1 aliphatic heterocycles. The number of rotatable bonds is 7. The van der Waals surface area contributed by atoms with Crippen LogP contribution in [0.25, 0.3) is 0 Å². The van der Waals surface area contributed by atoms with Crippen molar-refractivity contribution in [3.8, 4) is 5.75 Å². The number of hydrogen-bond acceptors (Lipinski definition) is 3. The lowest BCUT2D eigenvalue weighted by atomic mass is 10.2. The Bertz CT molecular complexity index is 812. The van der Waals surface area contributed by atoms with Crippen molar-refractivity contribution in [1.82, 2.24) is 10.6 Å². The number of hydrogen-bond donors (Lipinski definition) is 2. The zero-order chi connectivity index (χ0) is 19.8. The number of halogens is 1. The van der Waals surface area contributed by atoms with E-state index < -0.39 is 0 Å². The van der Waals surface area contributed by atoms with Crippen LogP contribution in [-0.4, -0.2) is 38.7 Å². The predicted molar refractivity (Wildman–Crippen MR) is 133 cm³/mol. The molecule has 1 atom stereocenters. The first-order valence-corrected chi connectivity index (χ1v) is 9.81. The van der Waals surface area contributed by atoms with Crippen LogP contribution in [0.3, 0.4) is 0 Å². The van der Waals surface area contributed by atoms with Crippen LogP contribution in [0.5, 0.6) is 5.75 Å². The highest BCUT2D eigenvalue weighted by Crippen LogP contribution is 2.18. The highest BCUT2D eigenvalue weighted by molar-refractivity contribution is 14.0. The Kier molecular flexibility index (Phi) is 9.31. The molecule has 0 saturated carbocycles. The van der Waals surface area contributed by atoms with Crippen LogP contribution in [0, 0.1) is 6.92 Å². The molecule has 6 heteroatoms. The fourth-order valence-electron chi connectivity index (χ4n) is 3.11. The van der Waals surface area contributed by atoms with Crippen LogP contribution in [0.1, 0.15) is 18.1 Å². The van der Waals surface area contributed by atoms with E-state index in [4.69, 9.17) is 4.74 Å². The van der Waals surface area contributed by atoms with E-state index in [1.165, 1.54) is 11.3 Å². The van der Waals surface area contributed by atoms with Crippen LogP contribution < -0.4 is 20.3 Å². The van der Waals surface area contributed by atoms with E-state index in [2.05, 4.69) is 76.9 Å². The molecule has 29 heavy (non-hydrogen) atoms. The average molecular weight is 506 g/mol. The molecule has 3 rings (SSSR count). The van der Waals surface area contributed by atoms with E-state index in [-0.39, 0.29) is 30.1 Å². The number of para-hydroxylation sites is 1. The van der Waals surface area contributed by atoms with Gasteiger partial charge < -0.3 is 20.3 Å². The SMILES string of the molecule is CN=C(NCc1ccc(N2CC=CC2)cc1)NCC(C)Oc1ccccc1C.I. The Morgan fingerprint density at radius 2 is 1.76 bits per heavy atom. The van der Waals surface area contributed by atoms with Crippen molar-refractivity contribution >= 4 is 35.6 Å². The van der Waals surface area contributed by atoms with Crippen LogP contribution in [-0.2, 0) is 6.54 Å². The van der Waals surface area contributed by atoms with Crippen LogP contribution >= 0.6 is 24.0 Å². The van der Waals surface area contributed by atoms with Gasteiger partial charge in [0.15, 0.2) is 5.96 Å². The van der Waals surface area contributed by atoms with Gasteiger partial charge in [-0.1, -0.05) is 42.5 Å². The summed E-state index contributed by atoms with van der Waals surface area (Å²) >= 11 is 0. The molecule has 2 N–H and O–H groups in total. The summed E-state index contributed by atoms with van der Waals surface area (Å²) in [5.41, 5.74) is 3.63. The van der Waals surface area contributed by atoms with Crippen molar-refractivity contribution in [3.05, 3.63) is 71.8 Å². The van der Waals surface area contributed by atoms with E-state index in [0.717, 1.165) is 36.9 Å². The molecule has 2 aromatic carbocycles. The zero-order valence-corrected chi connectivity index (χ0v) is 19.7. The normalized spacial score (nSPS) is 14.3. The molecule has 0 bridgehead atoms. The van der Waals surface area contributed by atoms with Gasteiger partial charge in [0.05, 0.1) is 6.54 Å². The van der Waals surface area contributed by atoms with Gasteiger partial charge in [-0.15, -0.1) is 24.0 Å². The summed E-state index contributed by atoms with van der Waals surface area (Å²) in [7, 11) is 1.78. The minimum Gasteiger partial charge on any atom is -0.489 e. The van der Waals surface area contributed by atoms with Gasteiger partial charge in [0.25, 0.3) is 0 Å². The molecule has 0 aromatic heterocycles. The van der Waals surface area contributed by atoms with Crippen molar-refractivity contribution in [2.24, 2.45) is 4.99 Å². The lowest BCUT2D eigenvalue weighted by Gasteiger charge is -2.19. The Labute approximate surface area is 191 Å².